The minimum Gasteiger partial charge on any atom is -0.493 e. The van der Waals surface area contributed by atoms with Crippen LogP contribution in [0, 0.1) is 5.82 Å². The van der Waals surface area contributed by atoms with E-state index in [2.05, 4.69) is 10.6 Å². The van der Waals surface area contributed by atoms with E-state index in [0.29, 0.717) is 33.8 Å². The maximum Gasteiger partial charge on any atom is 0.255 e. The van der Waals surface area contributed by atoms with Crippen molar-refractivity contribution in [1.82, 2.24) is 10.6 Å². The minimum absolute atomic E-state index is 0.00850. The molecular weight excluding hydrogens is 471 g/mol. The molecule has 4 aromatic rings. The molecule has 0 unspecified atom stereocenters. The monoisotopic (exact) mass is 498 g/mol. The molecule has 0 aliphatic rings. The average molecular weight is 499 g/mol. The summed E-state index contributed by atoms with van der Waals surface area (Å²) in [6.07, 6.45) is 0. The largest absolute Gasteiger partial charge is 0.493 e. The van der Waals surface area contributed by atoms with E-state index in [1.54, 1.807) is 42.5 Å². The maximum atomic E-state index is 14.7. The van der Waals surface area contributed by atoms with Crippen LogP contribution in [0.25, 0.3) is 11.1 Å². The summed E-state index contributed by atoms with van der Waals surface area (Å²) in [6.45, 7) is 0.162. The SMILES string of the molecule is COc1cccc(C(=O)NCc2ccc(CNC(=O)c3ccc(-c4ccccc4)cc3)cc2F)c1OC. The third kappa shape index (κ3) is 6.13. The molecule has 37 heavy (non-hydrogen) atoms. The first-order chi connectivity index (χ1) is 18.0. The lowest BCUT2D eigenvalue weighted by molar-refractivity contribution is 0.0940. The molecular formula is C30H27FN2O4. The van der Waals surface area contributed by atoms with Gasteiger partial charge in [-0.3, -0.25) is 9.59 Å². The summed E-state index contributed by atoms with van der Waals surface area (Å²) in [4.78, 5) is 25.2. The summed E-state index contributed by atoms with van der Waals surface area (Å²) in [7, 11) is 2.94. The molecule has 0 spiro atoms. The van der Waals surface area contributed by atoms with Crippen LogP contribution in [0.1, 0.15) is 31.8 Å². The molecule has 4 aromatic carbocycles. The molecule has 2 N–H and O–H groups in total. The van der Waals surface area contributed by atoms with Crippen LogP contribution >= 0.6 is 0 Å². The van der Waals surface area contributed by atoms with Crippen LogP contribution in [0.4, 0.5) is 4.39 Å². The van der Waals surface area contributed by atoms with Crippen molar-refractivity contribution in [2.45, 2.75) is 13.1 Å². The Bertz CT molecular complexity index is 1390. The van der Waals surface area contributed by atoms with Crippen LogP contribution in [0.15, 0.2) is 91.0 Å². The van der Waals surface area contributed by atoms with Gasteiger partial charge in [0, 0.05) is 24.2 Å². The number of methoxy groups -OCH3 is 2. The lowest BCUT2D eigenvalue weighted by Gasteiger charge is -2.13. The maximum absolute atomic E-state index is 14.7. The second-order valence-electron chi connectivity index (χ2n) is 8.28. The van der Waals surface area contributed by atoms with E-state index in [-0.39, 0.29) is 19.0 Å². The fourth-order valence-electron chi connectivity index (χ4n) is 3.91. The second-order valence-corrected chi connectivity index (χ2v) is 8.28. The molecule has 0 aromatic heterocycles. The molecule has 6 nitrogen and oxygen atoms in total. The Morgan fingerprint density at radius 3 is 2.11 bits per heavy atom. The molecule has 7 heteroatoms. The van der Waals surface area contributed by atoms with Crippen LogP contribution in [0.3, 0.4) is 0 Å². The van der Waals surface area contributed by atoms with E-state index < -0.39 is 11.7 Å². The third-order valence-electron chi connectivity index (χ3n) is 5.91. The van der Waals surface area contributed by atoms with Gasteiger partial charge < -0.3 is 20.1 Å². The lowest BCUT2D eigenvalue weighted by Crippen LogP contribution is -2.24. The van der Waals surface area contributed by atoms with Crippen molar-refractivity contribution in [3.8, 4) is 22.6 Å². The summed E-state index contributed by atoms with van der Waals surface area (Å²) < 4.78 is 25.2. The van der Waals surface area contributed by atoms with Gasteiger partial charge in [-0.2, -0.15) is 0 Å². The highest BCUT2D eigenvalue weighted by Crippen LogP contribution is 2.30. The molecule has 2 amide bonds. The van der Waals surface area contributed by atoms with Gasteiger partial charge in [0.1, 0.15) is 5.82 Å². The summed E-state index contributed by atoms with van der Waals surface area (Å²) in [5.41, 5.74) is 3.83. The summed E-state index contributed by atoms with van der Waals surface area (Å²) in [5.74, 6) is -0.395. The first-order valence-electron chi connectivity index (χ1n) is 11.7. The van der Waals surface area contributed by atoms with Crippen molar-refractivity contribution in [3.05, 3.63) is 119 Å². The predicted octanol–water partition coefficient (Wildman–Crippen LogP) is 5.37. The smallest absolute Gasteiger partial charge is 0.255 e. The Hall–Kier alpha value is -4.65. The van der Waals surface area contributed by atoms with Crippen LogP contribution in [0.5, 0.6) is 11.5 Å². The number of carbonyl (C=O) groups excluding carboxylic acids is 2. The zero-order chi connectivity index (χ0) is 26.2. The average Bonchev–Trinajstić information content (AvgIpc) is 2.95. The Labute approximate surface area is 215 Å². The highest BCUT2D eigenvalue weighted by Gasteiger charge is 2.17. The number of rotatable bonds is 9. The normalized spacial score (nSPS) is 10.5. The van der Waals surface area contributed by atoms with E-state index in [0.717, 1.165) is 11.1 Å². The van der Waals surface area contributed by atoms with Gasteiger partial charge in [-0.15, -0.1) is 0 Å². The van der Waals surface area contributed by atoms with Gasteiger partial charge in [0.05, 0.1) is 19.8 Å². The fraction of sp³-hybridized carbons (Fsp3) is 0.133. The van der Waals surface area contributed by atoms with Crippen molar-refractivity contribution in [1.29, 1.82) is 0 Å². The van der Waals surface area contributed by atoms with E-state index in [9.17, 15) is 14.0 Å². The van der Waals surface area contributed by atoms with Gasteiger partial charge in [0.2, 0.25) is 0 Å². The topological polar surface area (TPSA) is 76.7 Å². The first kappa shape index (κ1) is 25.4. The van der Waals surface area contributed by atoms with Crippen molar-refractivity contribution >= 4 is 11.8 Å². The summed E-state index contributed by atoms with van der Waals surface area (Å²) in [6, 6.07) is 26.9. The number of carbonyl (C=O) groups is 2. The van der Waals surface area contributed by atoms with Gasteiger partial charge in [0.25, 0.3) is 11.8 Å². The standard InChI is InChI=1S/C30H27FN2O4/c1-36-27-10-6-9-25(28(27)37-2)30(35)33-19-24-12-11-20(17-26(24)31)18-32-29(34)23-15-13-22(14-16-23)21-7-4-3-5-8-21/h3-17H,18-19H2,1-2H3,(H,32,34)(H,33,35). The van der Waals surface area contributed by atoms with Gasteiger partial charge in [-0.25, -0.2) is 4.39 Å². The van der Waals surface area contributed by atoms with Gasteiger partial charge in [0.15, 0.2) is 11.5 Å². The quantitative estimate of drug-likeness (QED) is 0.325. The zero-order valence-electron chi connectivity index (χ0n) is 20.6. The second kappa shape index (κ2) is 11.9. The third-order valence-corrected chi connectivity index (χ3v) is 5.91. The molecule has 0 aliphatic heterocycles. The van der Waals surface area contributed by atoms with E-state index in [4.69, 9.17) is 9.47 Å². The Morgan fingerprint density at radius 2 is 1.43 bits per heavy atom. The van der Waals surface area contributed by atoms with Gasteiger partial charge in [-0.1, -0.05) is 60.7 Å². The van der Waals surface area contributed by atoms with Crippen LogP contribution < -0.4 is 20.1 Å². The number of halogens is 1. The van der Waals surface area contributed by atoms with E-state index in [1.165, 1.54) is 20.3 Å². The summed E-state index contributed by atoms with van der Waals surface area (Å²) >= 11 is 0. The van der Waals surface area contributed by atoms with Crippen molar-refractivity contribution in [2.24, 2.45) is 0 Å². The molecule has 0 heterocycles. The van der Waals surface area contributed by atoms with Crippen LogP contribution in [-0.2, 0) is 13.1 Å². The predicted molar refractivity (Wildman–Crippen MR) is 140 cm³/mol. The molecule has 0 saturated carbocycles. The molecule has 188 valence electrons. The van der Waals surface area contributed by atoms with Crippen molar-refractivity contribution in [2.75, 3.05) is 14.2 Å². The van der Waals surface area contributed by atoms with Crippen LogP contribution in [-0.4, -0.2) is 26.0 Å². The first-order valence-corrected chi connectivity index (χ1v) is 11.7. The van der Waals surface area contributed by atoms with Crippen LogP contribution in [0.2, 0.25) is 0 Å². The Balaban J connectivity index is 1.33. The molecule has 0 bridgehead atoms. The number of benzene rings is 4. The number of ether oxygens (including phenoxy) is 2. The molecule has 4 rings (SSSR count). The molecule has 0 saturated heterocycles. The van der Waals surface area contributed by atoms with E-state index in [1.807, 2.05) is 42.5 Å². The fourth-order valence-corrected chi connectivity index (χ4v) is 3.91. The van der Waals surface area contributed by atoms with E-state index >= 15 is 0 Å². The number of para-hydroxylation sites is 1. The van der Waals surface area contributed by atoms with Crippen molar-refractivity contribution < 1.29 is 23.5 Å². The highest BCUT2D eigenvalue weighted by molar-refractivity contribution is 5.97. The molecule has 0 atom stereocenters. The van der Waals surface area contributed by atoms with Gasteiger partial charge >= 0.3 is 0 Å². The number of hydrogen-bond acceptors (Lipinski definition) is 4. The lowest BCUT2D eigenvalue weighted by atomic mass is 10.0. The number of amides is 2. The van der Waals surface area contributed by atoms with Crippen molar-refractivity contribution in [3.63, 3.8) is 0 Å². The molecule has 0 radical (unpaired) electrons. The number of hydrogen-bond donors (Lipinski definition) is 2. The summed E-state index contributed by atoms with van der Waals surface area (Å²) in [5, 5.41) is 5.52. The van der Waals surface area contributed by atoms with Gasteiger partial charge in [-0.05, 0) is 47.0 Å². The minimum atomic E-state index is -0.475. The highest BCUT2D eigenvalue weighted by atomic mass is 19.1. The zero-order valence-corrected chi connectivity index (χ0v) is 20.6. The molecule has 0 fully saturated rings. The Kier molecular flexibility index (Phi) is 8.15. The Morgan fingerprint density at radius 1 is 0.730 bits per heavy atom. The number of nitrogens with one attached hydrogen (secondary N) is 2. The molecule has 0 aliphatic carbocycles.